The van der Waals surface area contributed by atoms with Gasteiger partial charge < -0.3 is 10.8 Å². The molecule has 0 spiro atoms. The number of rotatable bonds is 4. The van der Waals surface area contributed by atoms with Crippen molar-refractivity contribution in [1.29, 1.82) is 0 Å². The highest BCUT2D eigenvalue weighted by Gasteiger charge is 2.27. The second-order valence-corrected chi connectivity index (χ2v) is 3.00. The van der Waals surface area contributed by atoms with Gasteiger partial charge in [0.25, 0.3) is 0 Å². The van der Waals surface area contributed by atoms with Crippen molar-refractivity contribution in [2.24, 2.45) is 5.73 Å². The summed E-state index contributed by atoms with van der Waals surface area (Å²) in [5.74, 6) is 0. The van der Waals surface area contributed by atoms with Crippen molar-refractivity contribution in [2.45, 2.75) is 51.7 Å². The van der Waals surface area contributed by atoms with E-state index in [1.54, 1.807) is 0 Å². The predicted molar refractivity (Wildman–Crippen MR) is 43.8 cm³/mol. The van der Waals surface area contributed by atoms with E-state index in [1.807, 2.05) is 13.8 Å². The van der Waals surface area contributed by atoms with Crippen LogP contribution in [0.15, 0.2) is 0 Å². The molecule has 0 aromatic heterocycles. The summed E-state index contributed by atoms with van der Waals surface area (Å²) in [4.78, 5) is 0. The van der Waals surface area contributed by atoms with Gasteiger partial charge in [-0.1, -0.05) is 20.3 Å². The lowest BCUT2D eigenvalue weighted by molar-refractivity contribution is 0.00671. The Hall–Kier alpha value is -0.0800. The SMILES string of the molecule is CCCC(O)(CC)C(C)N. The summed E-state index contributed by atoms with van der Waals surface area (Å²) in [5.41, 5.74) is 4.99. The molecule has 2 heteroatoms. The highest BCUT2D eigenvalue weighted by molar-refractivity contribution is 4.84. The molecule has 0 aromatic carbocycles. The smallest absolute Gasteiger partial charge is 0.0792 e. The molecule has 0 radical (unpaired) electrons. The Morgan fingerprint density at radius 2 is 2.00 bits per heavy atom. The van der Waals surface area contributed by atoms with Crippen LogP contribution in [0.5, 0.6) is 0 Å². The molecule has 0 fully saturated rings. The molecular weight excluding hydrogens is 126 g/mol. The first-order valence-corrected chi connectivity index (χ1v) is 4.04. The zero-order valence-corrected chi connectivity index (χ0v) is 7.22. The lowest BCUT2D eigenvalue weighted by atomic mass is 9.88. The summed E-state index contributed by atoms with van der Waals surface area (Å²) >= 11 is 0. The lowest BCUT2D eigenvalue weighted by Gasteiger charge is -2.30. The Bertz CT molecular complexity index is 93.3. The third-order valence-electron chi connectivity index (χ3n) is 2.14. The maximum atomic E-state index is 9.77. The third kappa shape index (κ3) is 2.27. The second-order valence-electron chi connectivity index (χ2n) is 3.00. The largest absolute Gasteiger partial charge is 0.388 e. The minimum atomic E-state index is -0.630. The van der Waals surface area contributed by atoms with Crippen molar-refractivity contribution < 1.29 is 5.11 Å². The maximum Gasteiger partial charge on any atom is 0.0792 e. The van der Waals surface area contributed by atoms with Gasteiger partial charge in [0.05, 0.1) is 5.60 Å². The Kier molecular flexibility index (Phi) is 3.91. The minimum Gasteiger partial charge on any atom is -0.388 e. The number of hydrogen-bond donors (Lipinski definition) is 2. The monoisotopic (exact) mass is 145 g/mol. The zero-order chi connectivity index (χ0) is 8.20. The fraction of sp³-hybridized carbons (Fsp3) is 1.00. The van der Waals surface area contributed by atoms with E-state index in [0.29, 0.717) is 0 Å². The van der Waals surface area contributed by atoms with E-state index >= 15 is 0 Å². The summed E-state index contributed by atoms with van der Waals surface area (Å²) in [5, 5.41) is 9.77. The van der Waals surface area contributed by atoms with Gasteiger partial charge in [-0.3, -0.25) is 0 Å². The highest BCUT2D eigenvalue weighted by Crippen LogP contribution is 2.19. The van der Waals surface area contributed by atoms with Gasteiger partial charge in [-0.05, 0) is 19.8 Å². The average Bonchev–Trinajstić information content (AvgIpc) is 1.88. The molecule has 0 bridgehead atoms. The molecule has 0 amide bonds. The van der Waals surface area contributed by atoms with E-state index in [2.05, 4.69) is 6.92 Å². The molecule has 2 atom stereocenters. The van der Waals surface area contributed by atoms with Crippen molar-refractivity contribution in [3.05, 3.63) is 0 Å². The topological polar surface area (TPSA) is 46.2 Å². The molecule has 0 aliphatic carbocycles. The quantitative estimate of drug-likeness (QED) is 0.626. The lowest BCUT2D eigenvalue weighted by Crippen LogP contribution is -2.45. The van der Waals surface area contributed by atoms with E-state index in [0.717, 1.165) is 19.3 Å². The highest BCUT2D eigenvalue weighted by atomic mass is 16.3. The van der Waals surface area contributed by atoms with Gasteiger partial charge in [-0.25, -0.2) is 0 Å². The van der Waals surface area contributed by atoms with Crippen LogP contribution in [0, 0.1) is 0 Å². The van der Waals surface area contributed by atoms with Crippen molar-refractivity contribution in [2.75, 3.05) is 0 Å². The summed E-state index contributed by atoms with van der Waals surface area (Å²) in [6.45, 7) is 5.89. The Morgan fingerprint density at radius 3 is 2.10 bits per heavy atom. The molecule has 0 aliphatic rings. The number of aliphatic hydroxyl groups is 1. The van der Waals surface area contributed by atoms with Crippen LogP contribution in [0.25, 0.3) is 0 Å². The molecule has 10 heavy (non-hydrogen) atoms. The Labute approximate surface area is 63.4 Å². The number of nitrogens with two attached hydrogens (primary N) is 1. The molecule has 0 saturated heterocycles. The van der Waals surface area contributed by atoms with E-state index in [-0.39, 0.29) is 6.04 Å². The van der Waals surface area contributed by atoms with Gasteiger partial charge in [0, 0.05) is 6.04 Å². The standard InChI is InChI=1S/C8H19NO/c1-4-6-8(10,5-2)7(3)9/h7,10H,4-6,9H2,1-3H3. The molecule has 3 N–H and O–H groups in total. The number of hydrogen-bond acceptors (Lipinski definition) is 2. The first-order chi connectivity index (χ1) is 4.56. The van der Waals surface area contributed by atoms with E-state index < -0.39 is 5.60 Å². The maximum absolute atomic E-state index is 9.77. The third-order valence-corrected chi connectivity index (χ3v) is 2.14. The summed E-state index contributed by atoms with van der Waals surface area (Å²) < 4.78 is 0. The van der Waals surface area contributed by atoms with Gasteiger partial charge >= 0.3 is 0 Å². The van der Waals surface area contributed by atoms with Crippen LogP contribution in [0.2, 0.25) is 0 Å². The zero-order valence-electron chi connectivity index (χ0n) is 7.22. The minimum absolute atomic E-state index is 0.113. The fourth-order valence-corrected chi connectivity index (χ4v) is 1.16. The second kappa shape index (κ2) is 3.94. The molecule has 0 aliphatic heterocycles. The van der Waals surface area contributed by atoms with Crippen LogP contribution < -0.4 is 5.73 Å². The van der Waals surface area contributed by atoms with Gasteiger partial charge in [-0.2, -0.15) is 0 Å². The van der Waals surface area contributed by atoms with Crippen molar-refractivity contribution in [3.8, 4) is 0 Å². The van der Waals surface area contributed by atoms with Crippen LogP contribution in [0.4, 0.5) is 0 Å². The summed E-state index contributed by atoms with van der Waals surface area (Å²) in [6.07, 6.45) is 2.55. The fourth-order valence-electron chi connectivity index (χ4n) is 1.16. The normalized spacial score (nSPS) is 20.1. The molecule has 62 valence electrons. The molecule has 2 unspecified atom stereocenters. The van der Waals surface area contributed by atoms with Gasteiger partial charge in [0.1, 0.15) is 0 Å². The van der Waals surface area contributed by atoms with Crippen LogP contribution in [0.1, 0.15) is 40.0 Å². The summed E-state index contributed by atoms with van der Waals surface area (Å²) in [7, 11) is 0. The van der Waals surface area contributed by atoms with Crippen LogP contribution in [-0.2, 0) is 0 Å². The molecule has 2 nitrogen and oxygen atoms in total. The molecule has 0 saturated carbocycles. The van der Waals surface area contributed by atoms with Gasteiger partial charge in [-0.15, -0.1) is 0 Å². The van der Waals surface area contributed by atoms with Crippen molar-refractivity contribution in [1.82, 2.24) is 0 Å². The van der Waals surface area contributed by atoms with Crippen LogP contribution in [0.3, 0.4) is 0 Å². The van der Waals surface area contributed by atoms with Gasteiger partial charge in [0.15, 0.2) is 0 Å². The Morgan fingerprint density at radius 1 is 1.50 bits per heavy atom. The first-order valence-electron chi connectivity index (χ1n) is 4.04. The molecule has 0 heterocycles. The van der Waals surface area contributed by atoms with E-state index in [4.69, 9.17) is 5.73 Å². The molecular formula is C8H19NO. The average molecular weight is 145 g/mol. The van der Waals surface area contributed by atoms with Crippen LogP contribution in [-0.4, -0.2) is 16.7 Å². The van der Waals surface area contributed by atoms with Crippen molar-refractivity contribution in [3.63, 3.8) is 0 Å². The van der Waals surface area contributed by atoms with Crippen LogP contribution >= 0.6 is 0 Å². The van der Waals surface area contributed by atoms with Gasteiger partial charge in [0.2, 0.25) is 0 Å². The first kappa shape index (κ1) is 9.92. The van der Waals surface area contributed by atoms with Crippen molar-refractivity contribution >= 4 is 0 Å². The molecule has 0 rings (SSSR count). The van der Waals surface area contributed by atoms with E-state index in [1.165, 1.54) is 0 Å². The van der Waals surface area contributed by atoms with E-state index in [9.17, 15) is 5.11 Å². The molecule has 0 aromatic rings. The predicted octanol–water partition coefficient (Wildman–Crippen LogP) is 1.27. The Balaban J connectivity index is 3.94. The summed E-state index contributed by atoms with van der Waals surface area (Å²) in [6, 6.07) is -0.113.